The Bertz CT molecular complexity index is 917. The SMILES string of the molecule is CCc1cc(N2CCC(Nc3cccc(C)c3)CC2)nc(-c2ccccn2)n1. The van der Waals surface area contributed by atoms with E-state index in [-0.39, 0.29) is 0 Å². The van der Waals surface area contributed by atoms with Crippen LogP contribution in [0.4, 0.5) is 11.5 Å². The van der Waals surface area contributed by atoms with Crippen molar-refractivity contribution < 1.29 is 0 Å². The molecule has 1 aliphatic rings. The van der Waals surface area contributed by atoms with E-state index in [9.17, 15) is 0 Å². The van der Waals surface area contributed by atoms with E-state index in [0.717, 1.165) is 55.4 Å². The molecule has 28 heavy (non-hydrogen) atoms. The fourth-order valence-electron chi connectivity index (χ4n) is 3.66. The molecule has 1 aliphatic heterocycles. The maximum Gasteiger partial charge on any atom is 0.180 e. The predicted molar refractivity (Wildman–Crippen MR) is 115 cm³/mol. The van der Waals surface area contributed by atoms with Gasteiger partial charge in [-0.05, 0) is 56.0 Å². The predicted octanol–water partition coefficient (Wildman–Crippen LogP) is 4.49. The van der Waals surface area contributed by atoms with Crippen molar-refractivity contribution in [3.63, 3.8) is 0 Å². The highest BCUT2D eigenvalue weighted by molar-refractivity contribution is 5.54. The van der Waals surface area contributed by atoms with Crippen LogP contribution in [0.2, 0.25) is 0 Å². The molecule has 4 rings (SSSR count). The smallest absolute Gasteiger partial charge is 0.180 e. The van der Waals surface area contributed by atoms with Crippen LogP contribution in [-0.2, 0) is 6.42 Å². The van der Waals surface area contributed by atoms with Gasteiger partial charge in [-0.3, -0.25) is 4.98 Å². The first-order valence-electron chi connectivity index (χ1n) is 10.1. The molecule has 0 saturated carbocycles. The van der Waals surface area contributed by atoms with E-state index < -0.39 is 0 Å². The standard InChI is InChI=1S/C23H27N5/c1-3-18-16-22(27-23(26-18)21-9-4-5-12-24-21)28-13-10-19(11-14-28)25-20-8-6-7-17(2)15-20/h4-9,12,15-16,19,25H,3,10-11,13-14H2,1-2H3. The molecule has 1 N–H and O–H groups in total. The lowest BCUT2D eigenvalue weighted by Gasteiger charge is -2.34. The molecule has 0 bridgehead atoms. The van der Waals surface area contributed by atoms with Crippen molar-refractivity contribution >= 4 is 11.5 Å². The van der Waals surface area contributed by atoms with E-state index in [0.29, 0.717) is 6.04 Å². The third kappa shape index (κ3) is 4.30. The van der Waals surface area contributed by atoms with Crippen LogP contribution < -0.4 is 10.2 Å². The number of aromatic nitrogens is 3. The Morgan fingerprint density at radius 1 is 1.04 bits per heavy atom. The summed E-state index contributed by atoms with van der Waals surface area (Å²) in [4.78, 5) is 16.3. The maximum atomic E-state index is 4.83. The number of rotatable bonds is 5. The molecule has 144 valence electrons. The first-order chi connectivity index (χ1) is 13.7. The zero-order chi connectivity index (χ0) is 19.3. The van der Waals surface area contributed by atoms with E-state index in [4.69, 9.17) is 4.98 Å². The average molecular weight is 374 g/mol. The Hall–Kier alpha value is -2.95. The van der Waals surface area contributed by atoms with E-state index in [2.05, 4.69) is 64.4 Å². The molecule has 5 heteroatoms. The van der Waals surface area contributed by atoms with Gasteiger partial charge in [0.05, 0.1) is 0 Å². The van der Waals surface area contributed by atoms with Crippen LogP contribution in [0.5, 0.6) is 0 Å². The molecule has 1 saturated heterocycles. The van der Waals surface area contributed by atoms with Crippen LogP contribution in [0, 0.1) is 6.92 Å². The Morgan fingerprint density at radius 3 is 2.61 bits per heavy atom. The van der Waals surface area contributed by atoms with Gasteiger partial charge in [-0.1, -0.05) is 25.1 Å². The van der Waals surface area contributed by atoms with Crippen LogP contribution in [0.25, 0.3) is 11.5 Å². The molecule has 2 aromatic heterocycles. The number of aryl methyl sites for hydroxylation is 2. The van der Waals surface area contributed by atoms with Gasteiger partial charge in [-0.25, -0.2) is 9.97 Å². The molecule has 0 amide bonds. The molecular formula is C23H27N5. The quantitative estimate of drug-likeness (QED) is 0.714. The minimum absolute atomic E-state index is 0.501. The summed E-state index contributed by atoms with van der Waals surface area (Å²) in [7, 11) is 0. The minimum atomic E-state index is 0.501. The Balaban J connectivity index is 1.47. The maximum absolute atomic E-state index is 4.83. The summed E-state index contributed by atoms with van der Waals surface area (Å²) >= 11 is 0. The number of piperidine rings is 1. The van der Waals surface area contributed by atoms with Gasteiger partial charge in [0, 0.05) is 42.8 Å². The minimum Gasteiger partial charge on any atom is -0.382 e. The molecule has 1 fully saturated rings. The van der Waals surface area contributed by atoms with Crippen molar-refractivity contribution in [2.75, 3.05) is 23.3 Å². The van der Waals surface area contributed by atoms with Gasteiger partial charge in [0.25, 0.3) is 0 Å². The highest BCUT2D eigenvalue weighted by Gasteiger charge is 2.21. The molecular weight excluding hydrogens is 346 g/mol. The van der Waals surface area contributed by atoms with Crippen molar-refractivity contribution in [1.29, 1.82) is 0 Å². The van der Waals surface area contributed by atoms with Gasteiger partial charge >= 0.3 is 0 Å². The normalized spacial score (nSPS) is 14.9. The monoisotopic (exact) mass is 373 g/mol. The number of nitrogens with zero attached hydrogens (tertiary/aromatic N) is 4. The number of nitrogens with one attached hydrogen (secondary N) is 1. The zero-order valence-electron chi connectivity index (χ0n) is 16.6. The van der Waals surface area contributed by atoms with Crippen molar-refractivity contribution in [3.05, 3.63) is 66.0 Å². The Labute approximate surface area is 166 Å². The van der Waals surface area contributed by atoms with E-state index >= 15 is 0 Å². The summed E-state index contributed by atoms with van der Waals surface area (Å²) in [6.45, 7) is 6.25. The number of anilines is 2. The highest BCUT2D eigenvalue weighted by atomic mass is 15.2. The number of hydrogen-bond acceptors (Lipinski definition) is 5. The van der Waals surface area contributed by atoms with E-state index in [1.54, 1.807) is 6.20 Å². The topological polar surface area (TPSA) is 53.9 Å². The summed E-state index contributed by atoms with van der Waals surface area (Å²) < 4.78 is 0. The van der Waals surface area contributed by atoms with Crippen molar-refractivity contribution in [3.8, 4) is 11.5 Å². The lowest BCUT2D eigenvalue weighted by Crippen LogP contribution is -2.39. The zero-order valence-corrected chi connectivity index (χ0v) is 16.6. The fraction of sp³-hybridized carbons (Fsp3) is 0.348. The largest absolute Gasteiger partial charge is 0.382 e. The first kappa shape index (κ1) is 18.4. The molecule has 0 radical (unpaired) electrons. The lowest BCUT2D eigenvalue weighted by atomic mass is 10.0. The van der Waals surface area contributed by atoms with E-state index in [1.807, 2.05) is 18.2 Å². The van der Waals surface area contributed by atoms with E-state index in [1.165, 1.54) is 11.3 Å². The molecule has 0 spiro atoms. The van der Waals surface area contributed by atoms with Crippen molar-refractivity contribution in [2.45, 2.75) is 39.2 Å². The second-order valence-corrected chi connectivity index (χ2v) is 7.38. The van der Waals surface area contributed by atoms with Crippen LogP contribution in [-0.4, -0.2) is 34.1 Å². The third-order valence-electron chi connectivity index (χ3n) is 5.23. The van der Waals surface area contributed by atoms with Gasteiger partial charge in [-0.2, -0.15) is 0 Å². The first-order valence-corrected chi connectivity index (χ1v) is 10.1. The van der Waals surface area contributed by atoms with Crippen LogP contribution >= 0.6 is 0 Å². The van der Waals surface area contributed by atoms with Crippen LogP contribution in [0.1, 0.15) is 31.0 Å². The summed E-state index contributed by atoms with van der Waals surface area (Å²) in [6, 6.07) is 17.1. The van der Waals surface area contributed by atoms with Gasteiger partial charge in [-0.15, -0.1) is 0 Å². The second-order valence-electron chi connectivity index (χ2n) is 7.38. The molecule has 5 nitrogen and oxygen atoms in total. The van der Waals surface area contributed by atoms with Crippen LogP contribution in [0.15, 0.2) is 54.7 Å². The van der Waals surface area contributed by atoms with Gasteiger partial charge in [0.2, 0.25) is 0 Å². The summed E-state index contributed by atoms with van der Waals surface area (Å²) in [6.07, 6.45) is 4.87. The van der Waals surface area contributed by atoms with Crippen molar-refractivity contribution in [2.24, 2.45) is 0 Å². The molecule has 0 aliphatic carbocycles. The van der Waals surface area contributed by atoms with Crippen LogP contribution in [0.3, 0.4) is 0 Å². The lowest BCUT2D eigenvalue weighted by molar-refractivity contribution is 0.523. The summed E-state index contributed by atoms with van der Waals surface area (Å²) in [5, 5.41) is 3.68. The molecule has 1 aromatic carbocycles. The number of pyridine rings is 1. The highest BCUT2D eigenvalue weighted by Crippen LogP contribution is 2.24. The summed E-state index contributed by atoms with van der Waals surface area (Å²) in [5.74, 6) is 1.73. The molecule has 0 unspecified atom stereocenters. The Kier molecular flexibility index (Phi) is 5.51. The van der Waals surface area contributed by atoms with Gasteiger partial charge < -0.3 is 10.2 Å². The van der Waals surface area contributed by atoms with Gasteiger partial charge in [0.15, 0.2) is 5.82 Å². The molecule has 3 aromatic rings. The second kappa shape index (κ2) is 8.38. The fourth-order valence-corrected chi connectivity index (χ4v) is 3.66. The Morgan fingerprint density at radius 2 is 1.89 bits per heavy atom. The number of hydrogen-bond donors (Lipinski definition) is 1. The number of benzene rings is 1. The molecule has 3 heterocycles. The third-order valence-corrected chi connectivity index (χ3v) is 5.23. The van der Waals surface area contributed by atoms with Gasteiger partial charge in [0.1, 0.15) is 11.5 Å². The van der Waals surface area contributed by atoms with Crippen molar-refractivity contribution in [1.82, 2.24) is 15.0 Å². The average Bonchev–Trinajstić information content (AvgIpc) is 2.74. The summed E-state index contributed by atoms with van der Waals surface area (Å²) in [5.41, 5.74) is 4.39. The molecule has 0 atom stereocenters.